The Kier molecular flexibility index (Phi) is 4.72. The van der Waals surface area contributed by atoms with Crippen LogP contribution in [0.15, 0.2) is 24.3 Å². The number of benzene rings is 1. The monoisotopic (exact) mass is 271 g/mol. The number of aromatic hydroxyl groups is 1. The predicted octanol–water partition coefficient (Wildman–Crippen LogP) is 0.484. The highest BCUT2D eigenvalue weighted by Gasteiger charge is 2.14. The summed E-state index contributed by atoms with van der Waals surface area (Å²) in [6.07, 6.45) is 1.15. The van der Waals surface area contributed by atoms with E-state index in [1.165, 1.54) is 6.07 Å². The molecule has 1 unspecified atom stereocenters. The van der Waals surface area contributed by atoms with Crippen molar-refractivity contribution in [1.82, 2.24) is 5.32 Å². The van der Waals surface area contributed by atoms with Crippen molar-refractivity contribution in [2.24, 2.45) is 0 Å². The van der Waals surface area contributed by atoms with Gasteiger partial charge in [0.1, 0.15) is 15.6 Å². The number of phenols is 1. The summed E-state index contributed by atoms with van der Waals surface area (Å²) in [6.45, 7) is 1.63. The van der Waals surface area contributed by atoms with Gasteiger partial charge in [-0.1, -0.05) is 18.2 Å². The molecule has 6 heteroatoms. The highest BCUT2D eigenvalue weighted by molar-refractivity contribution is 7.90. The molecule has 0 bridgehead atoms. The number of amides is 1. The van der Waals surface area contributed by atoms with Crippen LogP contribution in [0.4, 0.5) is 0 Å². The summed E-state index contributed by atoms with van der Waals surface area (Å²) in [5, 5.41) is 12.1. The summed E-state index contributed by atoms with van der Waals surface area (Å²) < 4.78 is 22.1. The van der Waals surface area contributed by atoms with Crippen molar-refractivity contribution in [2.45, 2.75) is 19.4 Å². The molecule has 0 aliphatic heterocycles. The van der Waals surface area contributed by atoms with Crippen LogP contribution in [-0.2, 0) is 21.1 Å². The molecule has 0 radical (unpaired) electrons. The summed E-state index contributed by atoms with van der Waals surface area (Å²) in [5.74, 6) is -0.351. The molecule has 1 atom stereocenters. The topological polar surface area (TPSA) is 83.5 Å². The van der Waals surface area contributed by atoms with E-state index < -0.39 is 15.9 Å². The highest BCUT2D eigenvalue weighted by atomic mass is 32.2. The van der Waals surface area contributed by atoms with E-state index in [-0.39, 0.29) is 23.8 Å². The predicted molar refractivity (Wildman–Crippen MR) is 69.1 cm³/mol. The third-order valence-electron chi connectivity index (χ3n) is 2.30. The van der Waals surface area contributed by atoms with Gasteiger partial charge < -0.3 is 10.4 Å². The van der Waals surface area contributed by atoms with Gasteiger partial charge in [-0.2, -0.15) is 0 Å². The van der Waals surface area contributed by atoms with Gasteiger partial charge in [-0.25, -0.2) is 8.42 Å². The molecular weight excluding hydrogens is 254 g/mol. The number of sulfone groups is 1. The van der Waals surface area contributed by atoms with Crippen LogP contribution in [0.3, 0.4) is 0 Å². The van der Waals surface area contributed by atoms with Crippen molar-refractivity contribution in [3.05, 3.63) is 29.8 Å². The Morgan fingerprint density at radius 2 is 2.00 bits per heavy atom. The second-order valence-corrected chi connectivity index (χ2v) is 6.55. The number of phenolic OH excluding ortho intramolecular Hbond substituents is 1. The molecule has 2 N–H and O–H groups in total. The molecule has 0 aromatic heterocycles. The minimum Gasteiger partial charge on any atom is -0.508 e. The van der Waals surface area contributed by atoms with Crippen molar-refractivity contribution in [3.8, 4) is 5.75 Å². The van der Waals surface area contributed by atoms with Gasteiger partial charge in [0.25, 0.3) is 0 Å². The van der Waals surface area contributed by atoms with Crippen molar-refractivity contribution in [2.75, 3.05) is 12.0 Å². The number of nitrogens with one attached hydrogen (secondary N) is 1. The molecule has 0 saturated carbocycles. The Hall–Kier alpha value is -1.56. The Morgan fingerprint density at radius 1 is 1.39 bits per heavy atom. The van der Waals surface area contributed by atoms with Crippen LogP contribution < -0.4 is 5.32 Å². The van der Waals surface area contributed by atoms with Crippen molar-refractivity contribution >= 4 is 15.7 Å². The van der Waals surface area contributed by atoms with E-state index in [0.717, 1.165) is 6.26 Å². The Balaban J connectivity index is 2.55. The normalized spacial score (nSPS) is 13.0. The number of hydrogen-bond donors (Lipinski definition) is 2. The van der Waals surface area contributed by atoms with Crippen LogP contribution in [-0.4, -0.2) is 37.5 Å². The Labute approximate surface area is 107 Å². The van der Waals surface area contributed by atoms with Crippen LogP contribution in [0.1, 0.15) is 12.5 Å². The molecule has 0 fully saturated rings. The molecule has 0 spiro atoms. The molecule has 1 aromatic rings. The summed E-state index contributed by atoms with van der Waals surface area (Å²) in [6, 6.07) is 6.10. The van der Waals surface area contributed by atoms with Crippen LogP contribution in [0.5, 0.6) is 5.75 Å². The lowest BCUT2D eigenvalue weighted by molar-refractivity contribution is -0.120. The second-order valence-electron chi connectivity index (χ2n) is 4.37. The molecule has 0 aliphatic carbocycles. The minimum atomic E-state index is -3.11. The van der Waals surface area contributed by atoms with Gasteiger partial charge in [-0.3, -0.25) is 4.79 Å². The third kappa shape index (κ3) is 5.18. The zero-order chi connectivity index (χ0) is 13.8. The molecule has 1 aromatic carbocycles. The van der Waals surface area contributed by atoms with Crippen molar-refractivity contribution < 1.29 is 18.3 Å². The summed E-state index contributed by atoms with van der Waals surface area (Å²) in [5.41, 5.74) is 0.515. The number of rotatable bonds is 5. The zero-order valence-electron chi connectivity index (χ0n) is 10.4. The highest BCUT2D eigenvalue weighted by Crippen LogP contribution is 2.15. The SMILES string of the molecule is CC(CS(C)(=O)=O)NC(=O)Cc1ccccc1O. The average molecular weight is 271 g/mol. The average Bonchev–Trinajstić information content (AvgIpc) is 2.18. The Morgan fingerprint density at radius 3 is 2.56 bits per heavy atom. The molecule has 0 aliphatic rings. The fourth-order valence-electron chi connectivity index (χ4n) is 1.65. The summed E-state index contributed by atoms with van der Waals surface area (Å²) >= 11 is 0. The fourth-order valence-corrected chi connectivity index (χ4v) is 2.65. The molecule has 5 nitrogen and oxygen atoms in total. The van der Waals surface area contributed by atoms with Crippen molar-refractivity contribution in [3.63, 3.8) is 0 Å². The molecule has 100 valence electrons. The number of para-hydroxylation sites is 1. The van der Waals surface area contributed by atoms with Gasteiger partial charge in [0, 0.05) is 17.9 Å². The largest absolute Gasteiger partial charge is 0.508 e. The molecule has 0 saturated heterocycles. The first-order valence-corrected chi connectivity index (χ1v) is 7.58. The summed E-state index contributed by atoms with van der Waals surface area (Å²) in [4.78, 5) is 11.6. The van der Waals surface area contributed by atoms with Crippen LogP contribution >= 0.6 is 0 Å². The number of carbonyl (C=O) groups excluding carboxylic acids is 1. The van der Waals surface area contributed by atoms with E-state index in [0.29, 0.717) is 5.56 Å². The van der Waals surface area contributed by atoms with Gasteiger partial charge in [0.15, 0.2) is 0 Å². The number of carbonyl (C=O) groups is 1. The Bertz CT molecular complexity index is 525. The lowest BCUT2D eigenvalue weighted by Crippen LogP contribution is -2.38. The standard InChI is InChI=1S/C12H17NO4S/c1-9(8-18(2,16)17)13-12(15)7-10-5-3-4-6-11(10)14/h3-6,9,14H,7-8H2,1-2H3,(H,13,15). The van der Waals surface area contributed by atoms with Gasteiger partial charge in [-0.15, -0.1) is 0 Å². The van der Waals surface area contributed by atoms with Gasteiger partial charge in [0.05, 0.1) is 12.2 Å². The van der Waals surface area contributed by atoms with Gasteiger partial charge in [0.2, 0.25) is 5.91 Å². The van der Waals surface area contributed by atoms with E-state index in [4.69, 9.17) is 0 Å². The van der Waals surface area contributed by atoms with Gasteiger partial charge in [-0.05, 0) is 13.0 Å². The van der Waals surface area contributed by atoms with E-state index in [2.05, 4.69) is 5.32 Å². The smallest absolute Gasteiger partial charge is 0.224 e. The second kappa shape index (κ2) is 5.86. The maximum atomic E-state index is 11.6. The lowest BCUT2D eigenvalue weighted by atomic mass is 10.1. The maximum Gasteiger partial charge on any atom is 0.224 e. The lowest BCUT2D eigenvalue weighted by Gasteiger charge is -2.13. The van der Waals surface area contributed by atoms with Crippen molar-refractivity contribution in [1.29, 1.82) is 0 Å². The number of hydrogen-bond acceptors (Lipinski definition) is 4. The molecule has 0 heterocycles. The first-order chi connectivity index (χ1) is 8.28. The molecule has 1 rings (SSSR count). The fraction of sp³-hybridized carbons (Fsp3) is 0.417. The molecular formula is C12H17NO4S. The van der Waals surface area contributed by atoms with Crippen LogP contribution in [0.25, 0.3) is 0 Å². The van der Waals surface area contributed by atoms with Crippen LogP contribution in [0.2, 0.25) is 0 Å². The minimum absolute atomic E-state index is 0.0285. The van der Waals surface area contributed by atoms with E-state index in [1.54, 1.807) is 25.1 Å². The maximum absolute atomic E-state index is 11.6. The first-order valence-electron chi connectivity index (χ1n) is 5.52. The molecule has 1 amide bonds. The van der Waals surface area contributed by atoms with E-state index >= 15 is 0 Å². The quantitative estimate of drug-likeness (QED) is 0.816. The van der Waals surface area contributed by atoms with Gasteiger partial charge >= 0.3 is 0 Å². The summed E-state index contributed by atoms with van der Waals surface area (Å²) in [7, 11) is -3.11. The first kappa shape index (κ1) is 14.5. The third-order valence-corrected chi connectivity index (χ3v) is 3.41. The molecule has 18 heavy (non-hydrogen) atoms. The zero-order valence-corrected chi connectivity index (χ0v) is 11.2. The van der Waals surface area contributed by atoms with E-state index in [1.807, 2.05) is 0 Å². The van der Waals surface area contributed by atoms with E-state index in [9.17, 15) is 18.3 Å². The van der Waals surface area contributed by atoms with Crippen LogP contribution in [0, 0.1) is 0 Å².